The Morgan fingerprint density at radius 1 is 1.32 bits per heavy atom. The lowest BCUT2D eigenvalue weighted by Crippen LogP contribution is -2.07. The van der Waals surface area contributed by atoms with Gasteiger partial charge in [-0.1, -0.05) is 30.3 Å². The molecule has 0 unspecified atom stereocenters. The lowest BCUT2D eigenvalue weighted by atomic mass is 10.1. The first kappa shape index (κ1) is 13.2. The van der Waals surface area contributed by atoms with Crippen LogP contribution in [0.4, 0.5) is 0 Å². The number of pyridine rings is 1. The van der Waals surface area contributed by atoms with Crippen LogP contribution in [-0.4, -0.2) is 11.3 Å². The summed E-state index contributed by atoms with van der Waals surface area (Å²) >= 11 is 0. The fraction of sp³-hybridized carbons (Fsp3) is 0.200. The summed E-state index contributed by atoms with van der Waals surface area (Å²) in [6.07, 6.45) is 0.715. The molecule has 2 N–H and O–H groups in total. The van der Waals surface area contributed by atoms with Crippen molar-refractivity contribution in [2.45, 2.75) is 20.1 Å². The van der Waals surface area contributed by atoms with Crippen LogP contribution in [0.15, 0.2) is 36.4 Å². The maximum absolute atomic E-state index is 10.8. The van der Waals surface area contributed by atoms with E-state index in [0.29, 0.717) is 36.6 Å². The van der Waals surface area contributed by atoms with E-state index in [1.165, 1.54) is 0 Å². The van der Waals surface area contributed by atoms with E-state index in [4.69, 9.17) is 10.5 Å². The highest BCUT2D eigenvalue weighted by molar-refractivity contribution is 5.72. The second-order valence-electron chi connectivity index (χ2n) is 4.22. The van der Waals surface area contributed by atoms with Gasteiger partial charge in [-0.15, -0.1) is 0 Å². The maximum Gasteiger partial charge on any atom is 0.168 e. The molecule has 1 aromatic heterocycles. The topological polar surface area (TPSA) is 65.2 Å². The molecule has 0 amide bonds. The van der Waals surface area contributed by atoms with Gasteiger partial charge in [0.15, 0.2) is 6.29 Å². The molecule has 0 radical (unpaired) electrons. The van der Waals surface area contributed by atoms with Gasteiger partial charge in [-0.3, -0.25) is 4.79 Å². The van der Waals surface area contributed by atoms with Crippen LogP contribution in [-0.2, 0) is 13.2 Å². The summed E-state index contributed by atoms with van der Waals surface area (Å²) < 4.78 is 5.79. The first-order valence-corrected chi connectivity index (χ1v) is 6.07. The molecular formula is C15H16N2O2. The summed E-state index contributed by atoms with van der Waals surface area (Å²) in [5.74, 6) is 0.664. The summed E-state index contributed by atoms with van der Waals surface area (Å²) in [4.78, 5) is 14.9. The molecule has 0 fully saturated rings. The summed E-state index contributed by atoms with van der Waals surface area (Å²) in [7, 11) is 0. The van der Waals surface area contributed by atoms with Crippen molar-refractivity contribution < 1.29 is 9.53 Å². The van der Waals surface area contributed by atoms with Crippen molar-refractivity contribution in [1.82, 2.24) is 4.98 Å². The molecule has 0 spiro atoms. The molecular weight excluding hydrogens is 240 g/mol. The van der Waals surface area contributed by atoms with Gasteiger partial charge >= 0.3 is 0 Å². The zero-order chi connectivity index (χ0) is 13.7. The van der Waals surface area contributed by atoms with Gasteiger partial charge in [-0.2, -0.15) is 0 Å². The predicted octanol–water partition coefficient (Wildman–Crippen LogP) is 2.24. The molecule has 1 heterocycles. The Morgan fingerprint density at radius 2 is 2.05 bits per heavy atom. The molecule has 2 aromatic rings. The van der Waals surface area contributed by atoms with E-state index in [2.05, 4.69) is 4.98 Å². The predicted molar refractivity (Wildman–Crippen MR) is 73.0 cm³/mol. The monoisotopic (exact) mass is 256 g/mol. The molecule has 0 atom stereocenters. The second-order valence-corrected chi connectivity index (χ2v) is 4.22. The van der Waals surface area contributed by atoms with Gasteiger partial charge in [0.2, 0.25) is 0 Å². The third-order valence-electron chi connectivity index (χ3n) is 2.81. The van der Waals surface area contributed by atoms with Crippen molar-refractivity contribution >= 4 is 6.29 Å². The minimum absolute atomic E-state index is 0.314. The molecule has 0 saturated carbocycles. The maximum atomic E-state index is 10.8. The number of nitrogens with zero attached hydrogens (tertiary/aromatic N) is 1. The number of hydrogen-bond donors (Lipinski definition) is 1. The smallest absolute Gasteiger partial charge is 0.168 e. The number of aromatic nitrogens is 1. The first-order chi connectivity index (χ1) is 9.24. The third kappa shape index (κ3) is 3.17. The molecule has 1 aromatic carbocycles. The Morgan fingerprint density at radius 3 is 2.68 bits per heavy atom. The average molecular weight is 256 g/mol. The highest BCUT2D eigenvalue weighted by Gasteiger charge is 2.10. The number of carbonyl (C=O) groups is 1. The van der Waals surface area contributed by atoms with Gasteiger partial charge in [0.25, 0.3) is 0 Å². The van der Waals surface area contributed by atoms with Crippen molar-refractivity contribution in [2.75, 3.05) is 0 Å². The van der Waals surface area contributed by atoms with Crippen LogP contribution in [0.1, 0.15) is 27.3 Å². The number of benzene rings is 1. The molecule has 0 aliphatic rings. The van der Waals surface area contributed by atoms with Crippen molar-refractivity contribution in [1.29, 1.82) is 0 Å². The lowest BCUT2D eigenvalue weighted by molar-refractivity contribution is 0.111. The molecule has 98 valence electrons. The van der Waals surface area contributed by atoms with Crippen LogP contribution >= 0.6 is 0 Å². The minimum atomic E-state index is 0.314. The largest absolute Gasteiger partial charge is 0.487 e. The normalized spacial score (nSPS) is 10.2. The zero-order valence-corrected chi connectivity index (χ0v) is 10.8. The molecule has 0 aliphatic heterocycles. The van der Waals surface area contributed by atoms with Crippen molar-refractivity contribution in [3.63, 3.8) is 0 Å². The minimum Gasteiger partial charge on any atom is -0.487 e. The SMILES string of the molecule is Cc1nc(C=O)cc(CN)c1OCc1ccccc1. The molecule has 19 heavy (non-hydrogen) atoms. The lowest BCUT2D eigenvalue weighted by Gasteiger charge is -2.13. The van der Waals surface area contributed by atoms with E-state index in [-0.39, 0.29) is 0 Å². The number of carbonyl (C=O) groups excluding carboxylic acids is 1. The van der Waals surface area contributed by atoms with Crippen LogP contribution < -0.4 is 10.5 Å². The van der Waals surface area contributed by atoms with Gasteiger partial charge in [0, 0.05) is 12.1 Å². The van der Waals surface area contributed by atoms with E-state index < -0.39 is 0 Å². The van der Waals surface area contributed by atoms with Gasteiger partial charge in [0.1, 0.15) is 18.1 Å². The summed E-state index contributed by atoms with van der Waals surface area (Å²) in [6, 6.07) is 11.5. The zero-order valence-electron chi connectivity index (χ0n) is 10.8. The van der Waals surface area contributed by atoms with Crippen LogP contribution in [0.5, 0.6) is 5.75 Å². The van der Waals surface area contributed by atoms with Crippen molar-refractivity contribution in [2.24, 2.45) is 5.73 Å². The Hall–Kier alpha value is -2.20. The van der Waals surface area contributed by atoms with E-state index in [9.17, 15) is 4.79 Å². The molecule has 4 heteroatoms. The van der Waals surface area contributed by atoms with Crippen molar-refractivity contribution in [3.05, 3.63) is 58.9 Å². The molecule has 0 bridgehead atoms. The molecule has 0 aliphatic carbocycles. The fourth-order valence-corrected chi connectivity index (χ4v) is 1.89. The molecule has 4 nitrogen and oxygen atoms in total. The number of aldehydes is 1. The summed E-state index contributed by atoms with van der Waals surface area (Å²) in [5, 5.41) is 0. The number of hydrogen-bond acceptors (Lipinski definition) is 4. The first-order valence-electron chi connectivity index (χ1n) is 6.07. The van der Waals surface area contributed by atoms with E-state index in [1.807, 2.05) is 37.3 Å². The number of rotatable bonds is 5. The van der Waals surface area contributed by atoms with Gasteiger partial charge < -0.3 is 10.5 Å². The van der Waals surface area contributed by atoms with Crippen molar-refractivity contribution in [3.8, 4) is 5.75 Å². The highest BCUT2D eigenvalue weighted by Crippen LogP contribution is 2.23. The van der Waals surface area contributed by atoms with Gasteiger partial charge in [-0.05, 0) is 18.6 Å². The highest BCUT2D eigenvalue weighted by atomic mass is 16.5. The standard InChI is InChI=1S/C15H16N2O2/c1-11-15(13(8-16)7-14(9-18)17-11)19-10-12-5-3-2-4-6-12/h2-7,9H,8,10,16H2,1H3. The van der Waals surface area contributed by atoms with Crippen LogP contribution in [0, 0.1) is 6.92 Å². The van der Waals surface area contributed by atoms with E-state index >= 15 is 0 Å². The number of nitrogens with two attached hydrogens (primary N) is 1. The Bertz CT molecular complexity index is 568. The average Bonchev–Trinajstić information content (AvgIpc) is 2.46. The molecule has 0 saturated heterocycles. The van der Waals surface area contributed by atoms with E-state index in [1.54, 1.807) is 6.07 Å². The van der Waals surface area contributed by atoms with E-state index in [0.717, 1.165) is 11.1 Å². The van der Waals surface area contributed by atoms with Gasteiger partial charge in [-0.25, -0.2) is 4.98 Å². The quantitative estimate of drug-likeness (QED) is 0.833. The molecule has 2 rings (SSSR count). The Kier molecular flexibility index (Phi) is 4.26. The third-order valence-corrected chi connectivity index (χ3v) is 2.81. The van der Waals surface area contributed by atoms with Crippen LogP contribution in [0.2, 0.25) is 0 Å². The van der Waals surface area contributed by atoms with Gasteiger partial charge in [0.05, 0.1) is 5.69 Å². The van der Waals surface area contributed by atoms with Crippen LogP contribution in [0.25, 0.3) is 0 Å². The number of ether oxygens (including phenoxy) is 1. The second kappa shape index (κ2) is 6.11. The summed E-state index contributed by atoms with van der Waals surface area (Å²) in [5.41, 5.74) is 8.62. The number of aryl methyl sites for hydroxylation is 1. The Balaban J connectivity index is 2.22. The fourth-order valence-electron chi connectivity index (χ4n) is 1.89. The van der Waals surface area contributed by atoms with Crippen LogP contribution in [0.3, 0.4) is 0 Å². The summed E-state index contributed by atoms with van der Waals surface area (Å²) in [6.45, 7) is 2.58. The Labute approximate surface area is 112 Å².